The quantitative estimate of drug-likeness (QED) is 0.468. The molecule has 2 N–H and O–H groups in total. The van der Waals surface area contributed by atoms with E-state index >= 15 is 0 Å². The van der Waals surface area contributed by atoms with Crippen LogP contribution in [0.25, 0.3) is 0 Å². The minimum atomic E-state index is -3.48. The molecule has 0 saturated heterocycles. The first-order chi connectivity index (χ1) is 8.79. The largest absolute Gasteiger partial charge is 0.487 e. The predicted octanol–water partition coefficient (Wildman–Crippen LogP) is 1.70. The summed E-state index contributed by atoms with van der Waals surface area (Å²) in [6.45, 7) is 0.165. The molecule has 106 valence electrons. The predicted molar refractivity (Wildman–Crippen MR) is 70.8 cm³/mol. The van der Waals surface area contributed by atoms with E-state index < -0.39 is 14.9 Å². The molecule has 0 saturated carbocycles. The number of nitrogens with zero attached hydrogens (tertiary/aromatic N) is 1. The molecule has 0 aliphatic carbocycles. The Morgan fingerprint density at radius 2 is 2.05 bits per heavy atom. The van der Waals surface area contributed by atoms with Crippen LogP contribution in [0.5, 0.6) is 5.75 Å². The van der Waals surface area contributed by atoms with Crippen molar-refractivity contribution in [3.05, 3.63) is 33.3 Å². The van der Waals surface area contributed by atoms with Crippen LogP contribution in [-0.4, -0.2) is 25.7 Å². The smallest absolute Gasteiger partial charge is 0.312 e. The molecule has 0 aliphatic rings. The van der Waals surface area contributed by atoms with Gasteiger partial charge in [-0.1, -0.05) is 11.6 Å². The summed E-state index contributed by atoms with van der Waals surface area (Å²) in [7, 11) is -3.48. The second kappa shape index (κ2) is 6.69. The summed E-state index contributed by atoms with van der Waals surface area (Å²) < 4.78 is 26.6. The van der Waals surface area contributed by atoms with Gasteiger partial charge in [0.2, 0.25) is 10.0 Å². The highest BCUT2D eigenvalue weighted by Gasteiger charge is 2.15. The summed E-state index contributed by atoms with van der Waals surface area (Å²) in [5.41, 5.74) is -0.223. The van der Waals surface area contributed by atoms with Crippen LogP contribution in [0, 0.1) is 10.1 Å². The van der Waals surface area contributed by atoms with Crippen LogP contribution in [0.2, 0.25) is 5.02 Å². The molecule has 0 radical (unpaired) electrons. The van der Waals surface area contributed by atoms with Gasteiger partial charge in [0.05, 0.1) is 17.3 Å². The summed E-state index contributed by atoms with van der Waals surface area (Å²) in [6.07, 6.45) is 0.760. The monoisotopic (exact) mass is 308 g/mol. The molecular formula is C10H13ClN2O5S. The van der Waals surface area contributed by atoms with E-state index in [1.807, 2.05) is 0 Å². The van der Waals surface area contributed by atoms with Gasteiger partial charge in [-0.15, -0.1) is 0 Å². The number of hydrogen-bond acceptors (Lipinski definition) is 5. The van der Waals surface area contributed by atoms with Crippen LogP contribution in [0.15, 0.2) is 18.2 Å². The lowest BCUT2D eigenvalue weighted by atomic mass is 10.3. The number of primary sulfonamides is 1. The normalized spacial score (nSPS) is 11.3. The van der Waals surface area contributed by atoms with Gasteiger partial charge in [-0.25, -0.2) is 13.6 Å². The van der Waals surface area contributed by atoms with Crippen LogP contribution in [0.1, 0.15) is 12.8 Å². The zero-order valence-corrected chi connectivity index (χ0v) is 11.5. The Morgan fingerprint density at radius 1 is 1.37 bits per heavy atom. The molecular weight excluding hydrogens is 296 g/mol. The fourth-order valence-corrected chi connectivity index (χ4v) is 2.12. The highest BCUT2D eigenvalue weighted by Crippen LogP contribution is 2.29. The lowest BCUT2D eigenvalue weighted by molar-refractivity contribution is -0.385. The molecule has 1 aromatic rings. The van der Waals surface area contributed by atoms with Gasteiger partial charge in [-0.05, 0) is 25.0 Å². The lowest BCUT2D eigenvalue weighted by Gasteiger charge is -2.06. The van der Waals surface area contributed by atoms with Crippen LogP contribution < -0.4 is 9.88 Å². The number of sulfonamides is 1. The van der Waals surface area contributed by atoms with Crippen molar-refractivity contribution in [2.24, 2.45) is 5.14 Å². The highest BCUT2D eigenvalue weighted by molar-refractivity contribution is 7.89. The van der Waals surface area contributed by atoms with Gasteiger partial charge in [-0.2, -0.15) is 0 Å². The van der Waals surface area contributed by atoms with Gasteiger partial charge >= 0.3 is 5.69 Å². The van der Waals surface area contributed by atoms with Crippen molar-refractivity contribution >= 4 is 27.3 Å². The van der Waals surface area contributed by atoms with E-state index in [2.05, 4.69) is 0 Å². The number of nitro groups is 1. The molecule has 9 heteroatoms. The van der Waals surface area contributed by atoms with Gasteiger partial charge in [-0.3, -0.25) is 10.1 Å². The molecule has 0 heterocycles. The molecule has 1 rings (SSSR count). The summed E-state index contributed by atoms with van der Waals surface area (Å²) in [5.74, 6) is -0.0380. The molecule has 0 aromatic heterocycles. The second-order valence-corrected chi connectivity index (χ2v) is 5.96. The highest BCUT2D eigenvalue weighted by atomic mass is 35.5. The van der Waals surface area contributed by atoms with Crippen molar-refractivity contribution in [1.29, 1.82) is 0 Å². The summed E-state index contributed by atoms with van der Waals surface area (Å²) in [4.78, 5) is 10.2. The topological polar surface area (TPSA) is 113 Å². The number of benzene rings is 1. The Morgan fingerprint density at radius 3 is 2.63 bits per heavy atom. The third-order valence-electron chi connectivity index (χ3n) is 2.20. The van der Waals surface area contributed by atoms with Gasteiger partial charge in [0.1, 0.15) is 0 Å². The Bertz CT molecular complexity index is 561. The average Bonchev–Trinajstić information content (AvgIpc) is 2.28. The standard InChI is InChI=1S/C10H13ClN2O5S/c11-8-3-4-10(9(7-8)13(14)15)18-5-1-2-6-19(12,16)17/h3-4,7H,1-2,5-6H2,(H2,12,16,17). The Labute approximate surface area is 115 Å². The minimum absolute atomic E-state index is 0.102. The van der Waals surface area contributed by atoms with Crippen molar-refractivity contribution in [3.8, 4) is 5.75 Å². The van der Waals surface area contributed by atoms with Crippen LogP contribution in [-0.2, 0) is 10.0 Å². The minimum Gasteiger partial charge on any atom is -0.487 e. The van der Waals surface area contributed by atoms with E-state index in [-0.39, 0.29) is 28.8 Å². The fraction of sp³-hybridized carbons (Fsp3) is 0.400. The van der Waals surface area contributed by atoms with Crippen molar-refractivity contribution in [3.63, 3.8) is 0 Å². The average molecular weight is 309 g/mol. The summed E-state index contributed by atoms with van der Waals surface area (Å²) in [5, 5.41) is 15.8. The van der Waals surface area contributed by atoms with E-state index in [9.17, 15) is 18.5 Å². The van der Waals surface area contributed by atoms with E-state index in [0.29, 0.717) is 12.8 Å². The van der Waals surface area contributed by atoms with Crippen LogP contribution >= 0.6 is 11.6 Å². The van der Waals surface area contributed by atoms with E-state index in [1.54, 1.807) is 0 Å². The third-order valence-corrected chi connectivity index (χ3v) is 3.29. The maximum absolute atomic E-state index is 10.8. The molecule has 0 spiro atoms. The summed E-state index contributed by atoms with van der Waals surface area (Å²) >= 11 is 5.65. The number of hydrogen-bond donors (Lipinski definition) is 1. The van der Waals surface area contributed by atoms with Crippen molar-refractivity contribution < 1.29 is 18.1 Å². The first-order valence-corrected chi connectivity index (χ1v) is 7.46. The molecule has 0 fully saturated rings. The second-order valence-electron chi connectivity index (χ2n) is 3.79. The van der Waals surface area contributed by atoms with Gasteiger partial charge in [0, 0.05) is 11.1 Å². The summed E-state index contributed by atoms with van der Waals surface area (Å²) in [6, 6.07) is 4.08. The molecule has 0 amide bonds. The van der Waals surface area contributed by atoms with Gasteiger partial charge in [0.25, 0.3) is 0 Å². The van der Waals surface area contributed by atoms with Crippen molar-refractivity contribution in [2.75, 3.05) is 12.4 Å². The van der Waals surface area contributed by atoms with Crippen LogP contribution in [0.3, 0.4) is 0 Å². The molecule has 7 nitrogen and oxygen atoms in total. The van der Waals surface area contributed by atoms with Crippen molar-refractivity contribution in [1.82, 2.24) is 0 Å². The third kappa shape index (κ3) is 5.86. The maximum Gasteiger partial charge on any atom is 0.312 e. The Hall–Kier alpha value is -1.38. The maximum atomic E-state index is 10.8. The molecule has 0 aliphatic heterocycles. The number of rotatable bonds is 7. The van der Waals surface area contributed by atoms with Gasteiger partial charge < -0.3 is 4.74 Å². The Balaban J connectivity index is 2.52. The van der Waals surface area contributed by atoms with E-state index in [1.165, 1.54) is 18.2 Å². The first kappa shape index (κ1) is 15.7. The van der Waals surface area contributed by atoms with Gasteiger partial charge in [0.15, 0.2) is 5.75 Å². The number of nitro benzene ring substituents is 1. The molecule has 1 aromatic carbocycles. The Kier molecular flexibility index (Phi) is 5.52. The number of nitrogens with two attached hydrogens (primary N) is 1. The van der Waals surface area contributed by atoms with E-state index in [4.69, 9.17) is 21.5 Å². The van der Waals surface area contributed by atoms with Crippen molar-refractivity contribution in [2.45, 2.75) is 12.8 Å². The number of halogens is 1. The molecule has 0 unspecified atom stereocenters. The fourth-order valence-electron chi connectivity index (χ4n) is 1.34. The molecule has 19 heavy (non-hydrogen) atoms. The zero-order valence-electron chi connectivity index (χ0n) is 9.91. The number of unbranched alkanes of at least 4 members (excludes halogenated alkanes) is 1. The SMILES string of the molecule is NS(=O)(=O)CCCCOc1ccc(Cl)cc1[N+](=O)[O-]. The lowest BCUT2D eigenvalue weighted by Crippen LogP contribution is -2.16. The molecule has 0 atom stereocenters. The molecule has 0 bridgehead atoms. The zero-order chi connectivity index (χ0) is 14.5. The van der Waals surface area contributed by atoms with Crippen LogP contribution in [0.4, 0.5) is 5.69 Å². The van der Waals surface area contributed by atoms with E-state index in [0.717, 1.165) is 0 Å². The number of ether oxygens (including phenoxy) is 1. The first-order valence-electron chi connectivity index (χ1n) is 5.37.